The largest absolute Gasteiger partial charge is 0.467 e. The highest BCUT2D eigenvalue weighted by Gasteiger charge is 2.53. The van der Waals surface area contributed by atoms with E-state index in [1.54, 1.807) is 12.1 Å². The second-order valence-corrected chi connectivity index (χ2v) is 10.3. The van der Waals surface area contributed by atoms with Crippen molar-refractivity contribution < 1.29 is 19.1 Å². The number of hydrogen-bond donors (Lipinski definition) is 1. The molecule has 2 aliphatic rings. The molecule has 9 heteroatoms. The highest BCUT2D eigenvalue weighted by molar-refractivity contribution is 7.18. The molecular formula is C25H28Cl2N2O4S. The Balaban J connectivity index is 1.88. The summed E-state index contributed by atoms with van der Waals surface area (Å²) in [6, 6.07) is 7.39. The Morgan fingerprint density at radius 2 is 2.03 bits per heavy atom. The number of fused-ring (bicyclic) bond motifs is 1. The maximum atomic E-state index is 13.4. The van der Waals surface area contributed by atoms with Gasteiger partial charge in [-0.1, -0.05) is 54.8 Å². The molecule has 2 aliphatic heterocycles. The number of methoxy groups -OCH3 is 1. The Labute approximate surface area is 213 Å². The van der Waals surface area contributed by atoms with Gasteiger partial charge < -0.3 is 19.7 Å². The number of carbonyl (C=O) groups excluding carboxylic acids is 2. The average molecular weight is 523 g/mol. The van der Waals surface area contributed by atoms with Crippen LogP contribution in [0.25, 0.3) is 0 Å². The minimum Gasteiger partial charge on any atom is -0.467 e. The third-order valence-electron chi connectivity index (χ3n) is 6.31. The summed E-state index contributed by atoms with van der Waals surface area (Å²) in [4.78, 5) is 29.6. The van der Waals surface area contributed by atoms with Crippen LogP contribution in [0.4, 0.5) is 5.00 Å². The molecule has 0 spiro atoms. The van der Waals surface area contributed by atoms with Gasteiger partial charge in [0.25, 0.3) is 5.91 Å². The number of unbranched alkanes of at least 4 members (excludes halogenated alkanes) is 1. The van der Waals surface area contributed by atoms with Gasteiger partial charge in [-0.15, -0.1) is 11.3 Å². The Bertz CT molecular complexity index is 1100. The van der Waals surface area contributed by atoms with E-state index in [9.17, 15) is 9.59 Å². The first-order valence-electron chi connectivity index (χ1n) is 11.4. The zero-order valence-corrected chi connectivity index (χ0v) is 21.6. The van der Waals surface area contributed by atoms with E-state index < -0.39 is 17.4 Å². The molecule has 0 saturated carbocycles. The summed E-state index contributed by atoms with van der Waals surface area (Å²) < 4.78 is 10.8. The lowest BCUT2D eigenvalue weighted by Gasteiger charge is -2.42. The average Bonchev–Trinajstić information content (AvgIpc) is 3.29. The molecule has 3 heterocycles. The van der Waals surface area contributed by atoms with Crippen LogP contribution in [0.5, 0.6) is 0 Å². The summed E-state index contributed by atoms with van der Waals surface area (Å²) in [5.74, 6) is -1.27. The lowest BCUT2D eigenvalue weighted by atomic mass is 9.70. The minimum absolute atomic E-state index is 0.273. The van der Waals surface area contributed by atoms with Crippen molar-refractivity contribution in [3.8, 4) is 0 Å². The second-order valence-electron chi connectivity index (χ2n) is 8.46. The third kappa shape index (κ3) is 4.71. The number of nitrogens with one attached hydrogen (secondary N) is 1. The molecule has 1 aromatic heterocycles. The first-order chi connectivity index (χ1) is 16.4. The number of amides is 1. The first-order valence-corrected chi connectivity index (χ1v) is 13.0. The summed E-state index contributed by atoms with van der Waals surface area (Å²) >= 11 is 14.0. The number of halogens is 2. The van der Waals surface area contributed by atoms with Gasteiger partial charge >= 0.3 is 5.97 Å². The van der Waals surface area contributed by atoms with Crippen LogP contribution in [-0.2, 0) is 14.3 Å². The summed E-state index contributed by atoms with van der Waals surface area (Å²) in [6.45, 7) is 4.87. The highest BCUT2D eigenvalue weighted by atomic mass is 35.5. The normalized spacial score (nSPS) is 22.5. The SMILES string of the molecule is CCC/C=C\CC1(C(=O)OC)NC(=O)c2sc(N3CCOCC3)cc2C1c1ccc(Cl)c(Cl)c1. The maximum absolute atomic E-state index is 13.4. The number of morpholine rings is 1. The number of thiophene rings is 1. The van der Waals surface area contributed by atoms with Crippen LogP contribution < -0.4 is 10.2 Å². The lowest BCUT2D eigenvalue weighted by Crippen LogP contribution is -2.61. The molecule has 1 fully saturated rings. The number of ether oxygens (including phenoxy) is 2. The van der Waals surface area contributed by atoms with Crippen molar-refractivity contribution in [2.75, 3.05) is 38.3 Å². The fourth-order valence-corrected chi connectivity index (χ4v) is 6.08. The Morgan fingerprint density at radius 3 is 2.71 bits per heavy atom. The molecule has 1 aromatic carbocycles. The lowest BCUT2D eigenvalue weighted by molar-refractivity contribution is -0.149. The smallest absolute Gasteiger partial charge is 0.332 e. The van der Waals surface area contributed by atoms with Gasteiger partial charge in [-0.25, -0.2) is 4.79 Å². The number of nitrogens with zero attached hydrogens (tertiary/aromatic N) is 1. The zero-order valence-electron chi connectivity index (χ0n) is 19.2. The quantitative estimate of drug-likeness (QED) is 0.388. The van der Waals surface area contributed by atoms with E-state index in [-0.39, 0.29) is 5.91 Å². The van der Waals surface area contributed by atoms with Crippen LogP contribution >= 0.6 is 34.5 Å². The zero-order chi connectivity index (χ0) is 24.3. The summed E-state index contributed by atoms with van der Waals surface area (Å²) in [5.41, 5.74) is 0.267. The Morgan fingerprint density at radius 1 is 1.26 bits per heavy atom. The predicted octanol–water partition coefficient (Wildman–Crippen LogP) is 5.43. The van der Waals surface area contributed by atoms with Crippen molar-refractivity contribution in [3.63, 3.8) is 0 Å². The maximum Gasteiger partial charge on any atom is 0.332 e. The molecule has 0 bridgehead atoms. The number of esters is 1. The number of rotatable bonds is 7. The summed E-state index contributed by atoms with van der Waals surface area (Å²) in [5, 5.41) is 4.84. The van der Waals surface area contributed by atoms with Crippen LogP contribution in [0.15, 0.2) is 36.4 Å². The number of anilines is 1. The fourth-order valence-electron chi connectivity index (χ4n) is 4.63. The number of hydrogen-bond acceptors (Lipinski definition) is 6. The van der Waals surface area contributed by atoms with Crippen molar-refractivity contribution in [2.45, 2.75) is 37.6 Å². The number of carbonyl (C=O) groups is 2. The molecule has 2 aromatic rings. The van der Waals surface area contributed by atoms with Gasteiger partial charge in [-0.05, 0) is 35.7 Å². The van der Waals surface area contributed by atoms with Crippen molar-refractivity contribution in [3.05, 3.63) is 62.5 Å². The van der Waals surface area contributed by atoms with Crippen LogP contribution in [-0.4, -0.2) is 50.8 Å². The minimum atomic E-state index is -1.32. The number of benzene rings is 1. The van der Waals surface area contributed by atoms with Crippen molar-refractivity contribution >= 4 is 51.4 Å². The fraction of sp³-hybridized carbons (Fsp3) is 0.440. The summed E-state index contributed by atoms with van der Waals surface area (Å²) in [7, 11) is 1.35. The van der Waals surface area contributed by atoms with Crippen molar-refractivity contribution in [1.82, 2.24) is 5.32 Å². The van der Waals surface area contributed by atoms with Gasteiger partial charge in [0, 0.05) is 25.4 Å². The van der Waals surface area contributed by atoms with E-state index in [0.717, 1.165) is 42.1 Å². The molecule has 1 amide bonds. The van der Waals surface area contributed by atoms with Gasteiger partial charge in [0.05, 0.1) is 40.2 Å². The van der Waals surface area contributed by atoms with E-state index in [1.807, 2.05) is 24.3 Å². The summed E-state index contributed by atoms with van der Waals surface area (Å²) in [6.07, 6.45) is 6.14. The van der Waals surface area contributed by atoms with E-state index in [2.05, 4.69) is 17.1 Å². The molecule has 1 N–H and O–H groups in total. The van der Waals surface area contributed by atoms with Crippen LogP contribution in [0.3, 0.4) is 0 Å². The van der Waals surface area contributed by atoms with Crippen LogP contribution in [0.1, 0.15) is 52.9 Å². The Kier molecular flexibility index (Phi) is 7.87. The molecule has 4 rings (SSSR count). The molecule has 34 heavy (non-hydrogen) atoms. The molecule has 2 unspecified atom stereocenters. The highest BCUT2D eigenvalue weighted by Crippen LogP contribution is 2.48. The third-order valence-corrected chi connectivity index (χ3v) is 8.26. The van der Waals surface area contributed by atoms with Crippen LogP contribution in [0.2, 0.25) is 10.0 Å². The van der Waals surface area contributed by atoms with E-state index >= 15 is 0 Å². The van der Waals surface area contributed by atoms with Crippen LogP contribution in [0, 0.1) is 0 Å². The number of allylic oxidation sites excluding steroid dienone is 1. The topological polar surface area (TPSA) is 67.9 Å². The van der Waals surface area contributed by atoms with Gasteiger partial charge in [-0.3, -0.25) is 4.79 Å². The van der Waals surface area contributed by atoms with Gasteiger partial charge in [-0.2, -0.15) is 0 Å². The second kappa shape index (κ2) is 10.7. The van der Waals surface area contributed by atoms with E-state index in [4.69, 9.17) is 32.7 Å². The molecule has 182 valence electrons. The van der Waals surface area contributed by atoms with E-state index in [1.165, 1.54) is 18.4 Å². The predicted molar refractivity (Wildman–Crippen MR) is 137 cm³/mol. The molecule has 2 atom stereocenters. The van der Waals surface area contributed by atoms with Gasteiger partial charge in [0.15, 0.2) is 5.54 Å². The van der Waals surface area contributed by atoms with Gasteiger partial charge in [0.2, 0.25) is 0 Å². The molecule has 6 nitrogen and oxygen atoms in total. The van der Waals surface area contributed by atoms with Crippen molar-refractivity contribution in [2.24, 2.45) is 0 Å². The first kappa shape index (κ1) is 25.0. The van der Waals surface area contributed by atoms with E-state index in [0.29, 0.717) is 34.6 Å². The molecule has 0 radical (unpaired) electrons. The standard InChI is InChI=1S/C25H28Cl2N2O4S/c1-3-4-5-6-9-25(24(31)32-2)21(16-7-8-18(26)19(27)14-16)17-15-20(29-10-12-33-13-11-29)34-22(17)23(30)28-25/h5-8,14-15,21H,3-4,9-13H2,1-2H3,(H,28,30)/b6-5-. The molecule has 0 aliphatic carbocycles. The Hall–Kier alpha value is -2.06. The monoisotopic (exact) mass is 522 g/mol. The van der Waals surface area contributed by atoms with Gasteiger partial charge in [0.1, 0.15) is 0 Å². The molecule has 1 saturated heterocycles. The molecular weight excluding hydrogens is 495 g/mol. The van der Waals surface area contributed by atoms with Crippen molar-refractivity contribution in [1.29, 1.82) is 0 Å².